The fourth-order valence-electron chi connectivity index (χ4n) is 3.00. The number of rotatable bonds is 6. The van der Waals surface area contributed by atoms with E-state index in [9.17, 15) is 4.79 Å². The summed E-state index contributed by atoms with van der Waals surface area (Å²) in [5, 5.41) is 3.33. The van der Waals surface area contributed by atoms with Crippen molar-refractivity contribution in [3.63, 3.8) is 0 Å². The van der Waals surface area contributed by atoms with Gasteiger partial charge in [0.25, 0.3) is 0 Å². The molecule has 0 saturated carbocycles. The fourth-order valence-corrected chi connectivity index (χ4v) is 3.00. The number of hydrogen-bond acceptors (Lipinski definition) is 3. The molecule has 116 valence electrons. The van der Waals surface area contributed by atoms with Gasteiger partial charge in [0.2, 0.25) is 5.91 Å². The summed E-state index contributed by atoms with van der Waals surface area (Å²) in [7, 11) is 3.62. The van der Waals surface area contributed by atoms with Gasteiger partial charge in [0, 0.05) is 25.1 Å². The van der Waals surface area contributed by atoms with Gasteiger partial charge in [0.15, 0.2) is 0 Å². The lowest BCUT2D eigenvalue weighted by Crippen LogP contribution is -2.35. The van der Waals surface area contributed by atoms with Gasteiger partial charge >= 0.3 is 0 Å². The smallest absolute Gasteiger partial charge is 0.222 e. The first-order valence-corrected chi connectivity index (χ1v) is 7.68. The van der Waals surface area contributed by atoms with Crippen LogP contribution in [0.5, 0.6) is 5.75 Å². The molecule has 0 radical (unpaired) electrons. The average Bonchev–Trinajstić information content (AvgIpc) is 2.85. The van der Waals surface area contributed by atoms with Crippen LogP contribution in [0, 0.1) is 12.8 Å². The molecule has 1 aromatic rings. The minimum absolute atomic E-state index is 0.0967. The standard InChI is InChI=1S/C17H26N2O2/c1-5-13-9-17(20)19(10-13)11-15(18-3)14-8-12(2)6-7-16(14)21-4/h6-8,13,15,18H,5,9-11H2,1-4H3. The van der Waals surface area contributed by atoms with Gasteiger partial charge in [-0.05, 0) is 26.0 Å². The van der Waals surface area contributed by atoms with Crippen LogP contribution >= 0.6 is 0 Å². The van der Waals surface area contributed by atoms with Crippen LogP contribution in [0.3, 0.4) is 0 Å². The second-order valence-electron chi connectivity index (χ2n) is 5.86. The number of aryl methyl sites for hydroxylation is 1. The number of carbonyl (C=O) groups is 1. The van der Waals surface area contributed by atoms with Gasteiger partial charge in [-0.3, -0.25) is 4.79 Å². The predicted octanol–water partition coefficient (Wildman–Crippen LogP) is 2.52. The molecule has 1 N–H and O–H groups in total. The molecule has 2 atom stereocenters. The number of nitrogens with one attached hydrogen (secondary N) is 1. The third-order valence-electron chi connectivity index (χ3n) is 4.38. The van der Waals surface area contributed by atoms with E-state index in [1.54, 1.807) is 7.11 Å². The Hall–Kier alpha value is -1.55. The van der Waals surface area contributed by atoms with Gasteiger partial charge in [-0.1, -0.05) is 31.0 Å². The molecule has 2 unspecified atom stereocenters. The summed E-state index contributed by atoms with van der Waals surface area (Å²) in [5.74, 6) is 1.65. The molecule has 4 nitrogen and oxygen atoms in total. The molecule has 2 rings (SSSR count). The van der Waals surface area contributed by atoms with Crippen molar-refractivity contribution in [2.24, 2.45) is 5.92 Å². The van der Waals surface area contributed by atoms with E-state index in [2.05, 4.69) is 25.2 Å². The van der Waals surface area contributed by atoms with Crippen LogP contribution in [0.15, 0.2) is 18.2 Å². The Labute approximate surface area is 127 Å². The molecular weight excluding hydrogens is 264 g/mol. The van der Waals surface area contributed by atoms with Gasteiger partial charge in [0.05, 0.1) is 13.2 Å². The number of carbonyl (C=O) groups excluding carboxylic acids is 1. The topological polar surface area (TPSA) is 41.6 Å². The number of likely N-dealkylation sites (N-methyl/N-ethyl adjacent to an activating group) is 1. The Bertz CT molecular complexity index is 502. The van der Waals surface area contributed by atoms with Gasteiger partial charge in [-0.15, -0.1) is 0 Å². The largest absolute Gasteiger partial charge is 0.496 e. The van der Waals surface area contributed by atoms with Crippen LogP contribution in [0.1, 0.15) is 36.9 Å². The minimum atomic E-state index is 0.0967. The minimum Gasteiger partial charge on any atom is -0.496 e. The molecular formula is C17H26N2O2. The number of methoxy groups -OCH3 is 1. The molecule has 1 amide bonds. The van der Waals surface area contributed by atoms with Crippen LogP contribution < -0.4 is 10.1 Å². The molecule has 0 aromatic heterocycles. The lowest BCUT2D eigenvalue weighted by atomic mass is 10.0. The van der Waals surface area contributed by atoms with Crippen LogP contribution in [0.2, 0.25) is 0 Å². The maximum absolute atomic E-state index is 12.1. The van der Waals surface area contributed by atoms with Crippen molar-refractivity contribution >= 4 is 5.91 Å². The third kappa shape index (κ3) is 3.56. The van der Waals surface area contributed by atoms with E-state index in [0.717, 1.165) is 24.3 Å². The highest BCUT2D eigenvalue weighted by atomic mass is 16.5. The van der Waals surface area contributed by atoms with E-state index in [1.165, 1.54) is 5.56 Å². The fraction of sp³-hybridized carbons (Fsp3) is 0.588. The second kappa shape index (κ2) is 6.94. The molecule has 1 aromatic carbocycles. The van der Waals surface area contributed by atoms with E-state index in [1.807, 2.05) is 24.1 Å². The molecule has 1 fully saturated rings. The van der Waals surface area contributed by atoms with E-state index in [-0.39, 0.29) is 11.9 Å². The van der Waals surface area contributed by atoms with Crippen molar-refractivity contribution < 1.29 is 9.53 Å². The van der Waals surface area contributed by atoms with Gasteiger partial charge in [-0.2, -0.15) is 0 Å². The van der Waals surface area contributed by atoms with E-state index in [0.29, 0.717) is 18.9 Å². The summed E-state index contributed by atoms with van der Waals surface area (Å²) in [6.45, 7) is 5.80. The van der Waals surface area contributed by atoms with Crippen molar-refractivity contribution in [2.45, 2.75) is 32.7 Å². The van der Waals surface area contributed by atoms with E-state index in [4.69, 9.17) is 4.74 Å². The molecule has 1 aliphatic rings. The number of benzene rings is 1. The highest BCUT2D eigenvalue weighted by Crippen LogP contribution is 2.29. The highest BCUT2D eigenvalue weighted by molar-refractivity contribution is 5.78. The summed E-state index contributed by atoms with van der Waals surface area (Å²) in [6.07, 6.45) is 1.76. The lowest BCUT2D eigenvalue weighted by Gasteiger charge is -2.25. The van der Waals surface area contributed by atoms with Crippen molar-refractivity contribution in [3.8, 4) is 5.75 Å². The molecule has 1 saturated heterocycles. The van der Waals surface area contributed by atoms with Crippen molar-refractivity contribution in [3.05, 3.63) is 29.3 Å². The van der Waals surface area contributed by atoms with Crippen molar-refractivity contribution in [1.82, 2.24) is 10.2 Å². The molecule has 4 heteroatoms. The molecule has 0 spiro atoms. The first kappa shape index (κ1) is 15.8. The van der Waals surface area contributed by atoms with Crippen molar-refractivity contribution in [1.29, 1.82) is 0 Å². The summed E-state index contributed by atoms with van der Waals surface area (Å²) in [4.78, 5) is 14.1. The molecule has 0 aliphatic carbocycles. The zero-order chi connectivity index (χ0) is 15.4. The number of amides is 1. The van der Waals surface area contributed by atoms with Crippen LogP contribution in [0.25, 0.3) is 0 Å². The summed E-state index contributed by atoms with van der Waals surface area (Å²) < 4.78 is 5.47. The molecule has 21 heavy (non-hydrogen) atoms. The Kier molecular flexibility index (Phi) is 5.23. The zero-order valence-corrected chi connectivity index (χ0v) is 13.5. The molecule has 1 heterocycles. The number of nitrogens with zero attached hydrogens (tertiary/aromatic N) is 1. The van der Waals surface area contributed by atoms with E-state index < -0.39 is 0 Å². The SMILES string of the molecule is CCC1CC(=O)N(CC(NC)c2cc(C)ccc2OC)C1. The molecule has 0 bridgehead atoms. The van der Waals surface area contributed by atoms with Crippen LogP contribution in [0.4, 0.5) is 0 Å². The Morgan fingerprint density at radius 1 is 1.48 bits per heavy atom. The first-order chi connectivity index (χ1) is 10.1. The summed E-state index contributed by atoms with van der Waals surface area (Å²) in [6, 6.07) is 6.27. The van der Waals surface area contributed by atoms with Gasteiger partial charge in [-0.25, -0.2) is 0 Å². The van der Waals surface area contributed by atoms with Gasteiger partial charge < -0.3 is 15.0 Å². The summed E-state index contributed by atoms with van der Waals surface area (Å²) in [5.41, 5.74) is 2.32. The second-order valence-corrected chi connectivity index (χ2v) is 5.86. The summed E-state index contributed by atoms with van der Waals surface area (Å²) >= 11 is 0. The lowest BCUT2D eigenvalue weighted by molar-refractivity contribution is -0.128. The highest BCUT2D eigenvalue weighted by Gasteiger charge is 2.30. The van der Waals surface area contributed by atoms with Gasteiger partial charge in [0.1, 0.15) is 5.75 Å². The third-order valence-corrected chi connectivity index (χ3v) is 4.38. The Morgan fingerprint density at radius 2 is 2.24 bits per heavy atom. The zero-order valence-electron chi connectivity index (χ0n) is 13.5. The first-order valence-electron chi connectivity index (χ1n) is 7.68. The maximum atomic E-state index is 12.1. The normalized spacial score (nSPS) is 19.9. The van der Waals surface area contributed by atoms with Crippen molar-refractivity contribution in [2.75, 3.05) is 27.2 Å². The Morgan fingerprint density at radius 3 is 2.81 bits per heavy atom. The number of likely N-dealkylation sites (tertiary alicyclic amines) is 1. The predicted molar refractivity (Wildman–Crippen MR) is 84.5 cm³/mol. The average molecular weight is 290 g/mol. The van der Waals surface area contributed by atoms with Crippen LogP contribution in [-0.4, -0.2) is 38.1 Å². The van der Waals surface area contributed by atoms with E-state index >= 15 is 0 Å². The molecule has 1 aliphatic heterocycles. The maximum Gasteiger partial charge on any atom is 0.222 e. The van der Waals surface area contributed by atoms with Crippen LogP contribution in [-0.2, 0) is 4.79 Å². The number of hydrogen-bond donors (Lipinski definition) is 1. The Balaban J connectivity index is 2.17. The quantitative estimate of drug-likeness (QED) is 0.875. The number of ether oxygens (including phenoxy) is 1. The monoisotopic (exact) mass is 290 g/mol.